The van der Waals surface area contributed by atoms with Crippen molar-refractivity contribution in [1.82, 2.24) is 20.2 Å². The van der Waals surface area contributed by atoms with E-state index in [0.717, 1.165) is 5.56 Å². The van der Waals surface area contributed by atoms with Crippen LogP contribution in [-0.4, -0.2) is 20.2 Å². The van der Waals surface area contributed by atoms with E-state index in [-0.39, 0.29) is 0 Å². The van der Waals surface area contributed by atoms with E-state index in [4.69, 9.17) is 10.5 Å². The maximum Gasteiger partial charge on any atom is 0.340 e. The van der Waals surface area contributed by atoms with Gasteiger partial charge in [-0.25, -0.2) is 0 Å². The van der Waals surface area contributed by atoms with Crippen molar-refractivity contribution in [2.24, 2.45) is 7.05 Å². The maximum absolute atomic E-state index is 5.75. The van der Waals surface area contributed by atoms with Crippen LogP contribution in [0.5, 0.6) is 11.8 Å². The molecule has 0 atom stereocenters. The molecule has 0 spiro atoms. The monoisotopic (exact) mass is 205 g/mol. The number of nitrogens with two attached hydrogens (primary N) is 1. The van der Waals surface area contributed by atoms with Crippen molar-refractivity contribution in [3.8, 4) is 11.8 Å². The number of hydrogen-bond acceptors (Lipinski definition) is 5. The third kappa shape index (κ3) is 1.74. The van der Waals surface area contributed by atoms with Crippen molar-refractivity contribution in [1.29, 1.82) is 0 Å². The normalized spacial score (nSPS) is 10.3. The van der Waals surface area contributed by atoms with Crippen molar-refractivity contribution in [3.05, 3.63) is 23.8 Å². The van der Waals surface area contributed by atoms with E-state index in [1.807, 2.05) is 25.1 Å². The number of nitrogen functional groups attached to an aromatic ring is 1. The maximum atomic E-state index is 5.75. The van der Waals surface area contributed by atoms with E-state index in [9.17, 15) is 0 Å². The van der Waals surface area contributed by atoms with Crippen LogP contribution in [0, 0.1) is 6.92 Å². The second-order valence-corrected chi connectivity index (χ2v) is 3.16. The fourth-order valence-electron chi connectivity index (χ4n) is 1.15. The number of benzene rings is 1. The molecule has 2 aromatic rings. The van der Waals surface area contributed by atoms with E-state index >= 15 is 0 Å². The molecule has 78 valence electrons. The number of nitrogens with zero attached hydrogens (tertiary/aromatic N) is 4. The van der Waals surface area contributed by atoms with Gasteiger partial charge in [0.1, 0.15) is 5.75 Å². The molecule has 1 aromatic carbocycles. The number of ether oxygens (including phenoxy) is 1. The molecule has 0 unspecified atom stereocenters. The fourth-order valence-corrected chi connectivity index (χ4v) is 1.15. The molecule has 0 amide bonds. The number of anilines is 1. The number of hydrogen-bond donors (Lipinski definition) is 1. The van der Waals surface area contributed by atoms with Gasteiger partial charge in [-0.15, -0.1) is 0 Å². The largest absolute Gasteiger partial charge is 0.423 e. The van der Waals surface area contributed by atoms with Crippen LogP contribution < -0.4 is 10.5 Å². The smallest absolute Gasteiger partial charge is 0.340 e. The Kier molecular flexibility index (Phi) is 2.24. The molecule has 0 fully saturated rings. The van der Waals surface area contributed by atoms with Crippen LogP contribution in [0.4, 0.5) is 5.69 Å². The summed E-state index contributed by atoms with van der Waals surface area (Å²) >= 11 is 0. The lowest BCUT2D eigenvalue weighted by Gasteiger charge is -2.07. The average Bonchev–Trinajstić information content (AvgIpc) is 2.60. The quantitative estimate of drug-likeness (QED) is 0.736. The molecule has 2 N–H and O–H groups in total. The lowest BCUT2D eigenvalue weighted by molar-refractivity contribution is 0.412. The fraction of sp³-hybridized carbons (Fsp3) is 0.222. The second-order valence-electron chi connectivity index (χ2n) is 3.16. The summed E-state index contributed by atoms with van der Waals surface area (Å²) in [5.74, 6) is 0.660. The summed E-state index contributed by atoms with van der Waals surface area (Å²) in [5, 5.41) is 10.9. The molecule has 1 heterocycles. The first kappa shape index (κ1) is 9.45. The highest BCUT2D eigenvalue weighted by Crippen LogP contribution is 2.26. The molecule has 6 nitrogen and oxygen atoms in total. The van der Waals surface area contributed by atoms with Gasteiger partial charge >= 0.3 is 6.01 Å². The number of tetrazole rings is 1. The first-order valence-electron chi connectivity index (χ1n) is 4.44. The minimum absolute atomic E-state index is 0.337. The van der Waals surface area contributed by atoms with Crippen molar-refractivity contribution in [2.75, 3.05) is 5.73 Å². The van der Waals surface area contributed by atoms with Crippen LogP contribution in [0.15, 0.2) is 18.2 Å². The standard InChI is InChI=1S/C9H11N5O/c1-6-7(10)4-3-5-8(6)15-9-11-12-13-14(9)2/h3-5H,10H2,1-2H3. The van der Waals surface area contributed by atoms with Crippen molar-refractivity contribution in [3.63, 3.8) is 0 Å². The molecule has 0 bridgehead atoms. The molecule has 0 aliphatic heterocycles. The van der Waals surface area contributed by atoms with Gasteiger partial charge < -0.3 is 10.5 Å². The van der Waals surface area contributed by atoms with E-state index in [1.165, 1.54) is 4.68 Å². The lowest BCUT2D eigenvalue weighted by Crippen LogP contribution is -1.98. The lowest BCUT2D eigenvalue weighted by atomic mass is 10.2. The van der Waals surface area contributed by atoms with Gasteiger partial charge in [-0.2, -0.15) is 4.68 Å². The summed E-state index contributed by atoms with van der Waals surface area (Å²) in [7, 11) is 1.71. The Morgan fingerprint density at radius 3 is 2.87 bits per heavy atom. The zero-order valence-electron chi connectivity index (χ0n) is 8.51. The number of aromatic nitrogens is 4. The average molecular weight is 205 g/mol. The van der Waals surface area contributed by atoms with E-state index < -0.39 is 0 Å². The predicted molar refractivity (Wildman–Crippen MR) is 54.5 cm³/mol. The second kappa shape index (κ2) is 3.56. The van der Waals surface area contributed by atoms with Crippen molar-refractivity contribution >= 4 is 5.69 Å². The molecular formula is C9H11N5O. The first-order chi connectivity index (χ1) is 7.18. The van der Waals surface area contributed by atoms with E-state index in [0.29, 0.717) is 17.4 Å². The van der Waals surface area contributed by atoms with Crippen LogP contribution in [0.2, 0.25) is 0 Å². The SMILES string of the molecule is Cc1c(N)cccc1Oc1nnnn1C. The zero-order valence-corrected chi connectivity index (χ0v) is 8.51. The summed E-state index contributed by atoms with van der Waals surface area (Å²) in [5.41, 5.74) is 7.31. The van der Waals surface area contributed by atoms with E-state index in [1.54, 1.807) is 7.05 Å². The zero-order chi connectivity index (χ0) is 10.8. The Labute approximate surface area is 86.7 Å². The summed E-state index contributed by atoms with van der Waals surface area (Å²) in [4.78, 5) is 0. The van der Waals surface area contributed by atoms with Gasteiger partial charge in [0.25, 0.3) is 0 Å². The molecule has 0 saturated heterocycles. The van der Waals surface area contributed by atoms with Crippen LogP contribution in [0.1, 0.15) is 5.56 Å². The van der Waals surface area contributed by atoms with Gasteiger partial charge in [-0.1, -0.05) is 11.2 Å². The third-order valence-electron chi connectivity index (χ3n) is 2.11. The molecule has 2 rings (SSSR count). The van der Waals surface area contributed by atoms with Crippen LogP contribution in [0.25, 0.3) is 0 Å². The van der Waals surface area contributed by atoms with Crippen molar-refractivity contribution < 1.29 is 4.74 Å². The van der Waals surface area contributed by atoms with Gasteiger partial charge in [0.05, 0.1) is 0 Å². The third-order valence-corrected chi connectivity index (χ3v) is 2.11. The minimum atomic E-state index is 0.337. The molecule has 0 aliphatic rings. The Morgan fingerprint density at radius 2 is 2.20 bits per heavy atom. The highest BCUT2D eigenvalue weighted by atomic mass is 16.5. The number of aryl methyl sites for hydroxylation is 1. The van der Waals surface area contributed by atoms with Gasteiger partial charge in [-0.3, -0.25) is 0 Å². The molecule has 0 saturated carbocycles. The van der Waals surface area contributed by atoms with Gasteiger partial charge in [0, 0.05) is 18.3 Å². The Hall–Kier alpha value is -2.11. The Balaban J connectivity index is 2.33. The molecule has 1 aromatic heterocycles. The van der Waals surface area contributed by atoms with Crippen LogP contribution in [0.3, 0.4) is 0 Å². The number of rotatable bonds is 2. The van der Waals surface area contributed by atoms with Gasteiger partial charge in [0.15, 0.2) is 0 Å². The Morgan fingerprint density at radius 1 is 1.40 bits per heavy atom. The van der Waals surface area contributed by atoms with Crippen LogP contribution in [-0.2, 0) is 7.05 Å². The molecule has 6 heteroatoms. The van der Waals surface area contributed by atoms with Crippen LogP contribution >= 0.6 is 0 Å². The molecular weight excluding hydrogens is 194 g/mol. The molecule has 0 radical (unpaired) electrons. The Bertz CT molecular complexity index is 479. The van der Waals surface area contributed by atoms with E-state index in [2.05, 4.69) is 15.5 Å². The summed E-state index contributed by atoms with van der Waals surface area (Å²) in [6.45, 7) is 1.88. The summed E-state index contributed by atoms with van der Waals surface area (Å²) in [6, 6.07) is 5.79. The van der Waals surface area contributed by atoms with Gasteiger partial charge in [-0.05, 0) is 29.5 Å². The first-order valence-corrected chi connectivity index (χ1v) is 4.44. The highest BCUT2D eigenvalue weighted by molar-refractivity contribution is 5.53. The highest BCUT2D eigenvalue weighted by Gasteiger charge is 2.08. The van der Waals surface area contributed by atoms with Gasteiger partial charge in [0.2, 0.25) is 0 Å². The predicted octanol–water partition coefficient (Wildman–Crippen LogP) is 0.893. The topological polar surface area (TPSA) is 78.8 Å². The summed E-state index contributed by atoms with van der Waals surface area (Å²) in [6.07, 6.45) is 0. The van der Waals surface area contributed by atoms with Crippen molar-refractivity contribution in [2.45, 2.75) is 6.92 Å². The minimum Gasteiger partial charge on any atom is -0.423 e. The molecule has 15 heavy (non-hydrogen) atoms. The summed E-state index contributed by atoms with van der Waals surface area (Å²) < 4.78 is 6.95. The molecule has 0 aliphatic carbocycles.